The molecule has 8 heteroatoms. The number of hydrogen-bond donors (Lipinski definition) is 2. The zero-order valence-corrected chi connectivity index (χ0v) is 13.8. The highest BCUT2D eigenvalue weighted by Crippen LogP contribution is 2.34. The molecule has 0 aliphatic rings. The lowest BCUT2D eigenvalue weighted by Crippen LogP contribution is -2.31. The van der Waals surface area contributed by atoms with Crippen molar-refractivity contribution in [1.29, 1.82) is 0 Å². The topological polar surface area (TPSA) is 97.8 Å². The molecule has 24 heavy (non-hydrogen) atoms. The Morgan fingerprint density at radius 3 is 2.58 bits per heavy atom. The Hall–Kier alpha value is -2.61. The van der Waals surface area contributed by atoms with E-state index in [4.69, 9.17) is 9.15 Å². The molecule has 0 aliphatic heterocycles. The number of aryl methyl sites for hydroxylation is 2. The lowest BCUT2D eigenvalue weighted by Gasteiger charge is -2.24. The van der Waals surface area contributed by atoms with Gasteiger partial charge in [0.1, 0.15) is 28.6 Å². The van der Waals surface area contributed by atoms with Crippen LogP contribution in [-0.4, -0.2) is 23.7 Å². The van der Waals surface area contributed by atoms with Crippen LogP contribution in [0.2, 0.25) is 0 Å². The lowest BCUT2D eigenvalue weighted by atomic mass is 9.96. The molecule has 0 bridgehead atoms. The van der Waals surface area contributed by atoms with Crippen LogP contribution in [0.15, 0.2) is 22.6 Å². The molecule has 2 aromatic rings. The van der Waals surface area contributed by atoms with Crippen LogP contribution in [0.4, 0.5) is 15.8 Å². The third-order valence-electron chi connectivity index (χ3n) is 3.70. The summed E-state index contributed by atoms with van der Waals surface area (Å²) in [4.78, 5) is 10.3. The molecule has 0 amide bonds. The van der Waals surface area contributed by atoms with Gasteiger partial charge in [-0.1, -0.05) is 0 Å². The predicted molar refractivity (Wildman–Crippen MR) is 85.8 cm³/mol. The third kappa shape index (κ3) is 3.48. The second kappa shape index (κ2) is 6.48. The smallest absolute Gasteiger partial charge is 0.327 e. The van der Waals surface area contributed by atoms with E-state index in [1.54, 1.807) is 26.8 Å². The van der Waals surface area contributed by atoms with Crippen LogP contribution < -0.4 is 10.1 Å². The van der Waals surface area contributed by atoms with Gasteiger partial charge in [-0.05, 0) is 26.8 Å². The number of anilines is 1. The van der Waals surface area contributed by atoms with E-state index >= 15 is 0 Å². The highest BCUT2D eigenvalue weighted by molar-refractivity contribution is 5.65. The van der Waals surface area contributed by atoms with Crippen molar-refractivity contribution in [3.05, 3.63) is 51.2 Å². The minimum Gasteiger partial charge on any atom is -0.497 e. The molecular formula is C16H19FN2O5. The highest BCUT2D eigenvalue weighted by Gasteiger charge is 2.29. The van der Waals surface area contributed by atoms with Gasteiger partial charge >= 0.3 is 5.69 Å². The Kier molecular flexibility index (Phi) is 4.79. The molecule has 1 heterocycles. The minimum atomic E-state index is -1.37. The maximum atomic E-state index is 13.9. The van der Waals surface area contributed by atoms with Crippen molar-refractivity contribution in [3.63, 3.8) is 0 Å². The number of methoxy groups -OCH3 is 1. The van der Waals surface area contributed by atoms with E-state index in [-0.39, 0.29) is 18.0 Å². The van der Waals surface area contributed by atoms with Crippen LogP contribution >= 0.6 is 0 Å². The molecular weight excluding hydrogens is 319 g/mol. The number of furan rings is 1. The second-order valence-electron chi connectivity index (χ2n) is 5.72. The number of rotatable bonds is 6. The maximum Gasteiger partial charge on any atom is 0.327 e. The molecule has 0 saturated heterocycles. The Balaban J connectivity index is 2.32. The molecule has 1 aromatic carbocycles. The summed E-state index contributed by atoms with van der Waals surface area (Å²) in [6, 6.07) is 3.94. The van der Waals surface area contributed by atoms with Crippen LogP contribution in [0.5, 0.6) is 5.75 Å². The van der Waals surface area contributed by atoms with Crippen molar-refractivity contribution in [2.45, 2.75) is 26.4 Å². The summed E-state index contributed by atoms with van der Waals surface area (Å²) in [6.45, 7) is 4.92. The summed E-state index contributed by atoms with van der Waals surface area (Å²) >= 11 is 0. The fourth-order valence-corrected chi connectivity index (χ4v) is 2.54. The van der Waals surface area contributed by atoms with Crippen molar-refractivity contribution in [1.82, 2.24) is 0 Å². The van der Waals surface area contributed by atoms with Gasteiger partial charge in [0.15, 0.2) is 0 Å². The maximum absolute atomic E-state index is 13.9. The van der Waals surface area contributed by atoms with Gasteiger partial charge in [0.05, 0.1) is 12.0 Å². The molecule has 1 unspecified atom stereocenters. The Labute approximate surface area is 138 Å². The van der Waals surface area contributed by atoms with Gasteiger partial charge in [-0.3, -0.25) is 10.1 Å². The summed E-state index contributed by atoms with van der Waals surface area (Å²) in [7, 11) is 1.33. The molecule has 0 fully saturated rings. The number of benzene rings is 1. The van der Waals surface area contributed by atoms with Crippen molar-refractivity contribution in [3.8, 4) is 5.75 Å². The molecule has 130 valence electrons. The van der Waals surface area contributed by atoms with E-state index in [0.29, 0.717) is 17.1 Å². The molecule has 1 atom stereocenters. The summed E-state index contributed by atoms with van der Waals surface area (Å²) in [5, 5.41) is 24.5. The fourth-order valence-electron chi connectivity index (χ4n) is 2.54. The van der Waals surface area contributed by atoms with E-state index in [2.05, 4.69) is 5.32 Å². The number of halogens is 1. The molecule has 0 radical (unpaired) electrons. The largest absolute Gasteiger partial charge is 0.497 e. The quantitative estimate of drug-likeness (QED) is 0.620. The molecule has 2 rings (SSSR count). The van der Waals surface area contributed by atoms with E-state index in [1.165, 1.54) is 13.2 Å². The number of nitro groups is 1. The van der Waals surface area contributed by atoms with Crippen LogP contribution in [0.1, 0.15) is 24.0 Å². The highest BCUT2D eigenvalue weighted by atomic mass is 19.1. The van der Waals surface area contributed by atoms with Gasteiger partial charge < -0.3 is 19.6 Å². The molecule has 2 N–H and O–H groups in total. The molecule has 1 aromatic heterocycles. The van der Waals surface area contributed by atoms with E-state index in [0.717, 1.165) is 6.07 Å². The number of ether oxygens (including phenoxy) is 1. The van der Waals surface area contributed by atoms with Crippen LogP contribution in [0.25, 0.3) is 0 Å². The van der Waals surface area contributed by atoms with E-state index in [9.17, 15) is 19.6 Å². The van der Waals surface area contributed by atoms with Crippen molar-refractivity contribution >= 4 is 11.4 Å². The number of nitrogens with one attached hydrogen (secondary N) is 1. The molecule has 0 aliphatic carbocycles. The van der Waals surface area contributed by atoms with Gasteiger partial charge in [-0.25, -0.2) is 0 Å². The normalized spacial score (nSPS) is 13.4. The summed E-state index contributed by atoms with van der Waals surface area (Å²) in [5.74, 6) is 0.305. The van der Waals surface area contributed by atoms with Gasteiger partial charge in [-0.2, -0.15) is 4.39 Å². The SMILES string of the molecule is COc1cc(F)c([N+](=O)[O-])c(NCC(C)(O)c2cc(C)oc2C)c1. The zero-order chi connectivity index (χ0) is 18.1. The van der Waals surface area contributed by atoms with E-state index in [1.807, 2.05) is 0 Å². The standard InChI is InChI=1S/C16H19FN2O5/c1-9-5-12(10(2)24-9)16(3,20)8-18-14-7-11(23-4)6-13(17)15(14)19(21)22/h5-7,18,20H,8H2,1-4H3. The Bertz CT molecular complexity index is 770. The monoisotopic (exact) mass is 338 g/mol. The Morgan fingerprint density at radius 2 is 2.08 bits per heavy atom. The summed E-state index contributed by atoms with van der Waals surface area (Å²) in [5.41, 5.74) is -1.59. The van der Waals surface area contributed by atoms with Crippen molar-refractivity contribution in [2.75, 3.05) is 19.0 Å². The summed E-state index contributed by atoms with van der Waals surface area (Å²) < 4.78 is 24.2. The van der Waals surface area contributed by atoms with Gasteiger partial charge in [0.2, 0.25) is 5.82 Å². The summed E-state index contributed by atoms with van der Waals surface area (Å²) in [6.07, 6.45) is 0. The Morgan fingerprint density at radius 1 is 1.42 bits per heavy atom. The first-order valence-electron chi connectivity index (χ1n) is 7.21. The third-order valence-corrected chi connectivity index (χ3v) is 3.70. The number of hydrogen-bond acceptors (Lipinski definition) is 6. The van der Waals surface area contributed by atoms with Gasteiger partial charge in [0, 0.05) is 24.2 Å². The lowest BCUT2D eigenvalue weighted by molar-refractivity contribution is -0.386. The fraction of sp³-hybridized carbons (Fsp3) is 0.375. The van der Waals surface area contributed by atoms with Gasteiger partial charge in [-0.15, -0.1) is 0 Å². The second-order valence-corrected chi connectivity index (χ2v) is 5.72. The zero-order valence-electron chi connectivity index (χ0n) is 13.8. The first kappa shape index (κ1) is 17.7. The number of aliphatic hydroxyl groups is 1. The van der Waals surface area contributed by atoms with Gasteiger partial charge in [0.25, 0.3) is 0 Å². The van der Waals surface area contributed by atoms with Crippen molar-refractivity contribution < 1.29 is 23.6 Å². The van der Waals surface area contributed by atoms with Crippen molar-refractivity contribution in [2.24, 2.45) is 0 Å². The van der Waals surface area contributed by atoms with E-state index < -0.39 is 22.0 Å². The first-order valence-corrected chi connectivity index (χ1v) is 7.21. The molecule has 0 saturated carbocycles. The molecule has 0 spiro atoms. The average molecular weight is 338 g/mol. The van der Waals surface area contributed by atoms with Crippen LogP contribution in [-0.2, 0) is 5.60 Å². The van der Waals surface area contributed by atoms with Crippen LogP contribution in [0, 0.1) is 29.8 Å². The minimum absolute atomic E-state index is 0.0741. The first-order chi connectivity index (χ1) is 11.2. The predicted octanol–water partition coefficient (Wildman–Crippen LogP) is 3.27. The molecule has 7 nitrogen and oxygen atoms in total. The van der Waals surface area contributed by atoms with Crippen LogP contribution in [0.3, 0.4) is 0 Å². The number of nitro benzene ring substituents is 1. The number of nitrogens with zero attached hydrogens (tertiary/aromatic N) is 1. The average Bonchev–Trinajstić information content (AvgIpc) is 2.83.